The predicted octanol–water partition coefficient (Wildman–Crippen LogP) is 4.38. The summed E-state index contributed by atoms with van der Waals surface area (Å²) in [6.45, 7) is 0. The zero-order chi connectivity index (χ0) is 13.4. The number of azo groups is 1. The summed E-state index contributed by atoms with van der Waals surface area (Å²) in [5.74, 6) is 0. The Kier molecular flexibility index (Phi) is 2.32. The second kappa shape index (κ2) is 4.27. The molecule has 0 bridgehead atoms. The van der Waals surface area contributed by atoms with Gasteiger partial charge in [0.15, 0.2) is 24.0 Å². The van der Waals surface area contributed by atoms with Gasteiger partial charge in [-0.1, -0.05) is 0 Å². The lowest BCUT2D eigenvalue weighted by Gasteiger charge is -1.93. The van der Waals surface area contributed by atoms with Gasteiger partial charge in [-0.3, -0.25) is 0 Å². The third kappa shape index (κ3) is 1.83. The molecule has 6 heteroatoms. The van der Waals surface area contributed by atoms with Crippen LogP contribution in [0.3, 0.4) is 0 Å². The lowest BCUT2D eigenvalue weighted by Crippen LogP contribution is -1.69. The summed E-state index contributed by atoms with van der Waals surface area (Å²) in [4.78, 5) is 8.10. The van der Waals surface area contributed by atoms with E-state index in [1.807, 2.05) is 24.3 Å². The summed E-state index contributed by atoms with van der Waals surface area (Å²) in [5, 5.41) is 8.35. The Balaban J connectivity index is 1.69. The minimum Gasteiger partial charge on any atom is -0.443 e. The van der Waals surface area contributed by atoms with Gasteiger partial charge in [0.25, 0.3) is 0 Å². The minimum absolute atomic E-state index is 0.687. The van der Waals surface area contributed by atoms with Gasteiger partial charge in [0.1, 0.15) is 11.0 Å². The summed E-state index contributed by atoms with van der Waals surface area (Å²) in [7, 11) is 0. The molecule has 0 fully saturated rings. The van der Waals surface area contributed by atoms with Crippen LogP contribution in [0.1, 0.15) is 0 Å². The standard InChI is InChI=1S/C14H8N4O2/c1-3-11-13(19-7-15-11)5-9(1)17-18-10-2-4-12-14(6-10)20-8-16-12/h1-8H/b18-17+. The Morgan fingerprint density at radius 3 is 1.70 bits per heavy atom. The maximum absolute atomic E-state index is 5.22. The zero-order valence-electron chi connectivity index (χ0n) is 10.2. The van der Waals surface area contributed by atoms with Crippen LogP contribution >= 0.6 is 0 Å². The first-order chi connectivity index (χ1) is 9.88. The van der Waals surface area contributed by atoms with E-state index in [2.05, 4.69) is 20.2 Å². The highest BCUT2D eigenvalue weighted by Crippen LogP contribution is 2.24. The summed E-state index contributed by atoms with van der Waals surface area (Å²) >= 11 is 0. The van der Waals surface area contributed by atoms with E-state index in [4.69, 9.17) is 8.83 Å². The number of rotatable bonds is 2. The molecule has 0 aliphatic rings. The fraction of sp³-hybridized carbons (Fsp3) is 0. The van der Waals surface area contributed by atoms with Gasteiger partial charge in [0.2, 0.25) is 0 Å². The van der Waals surface area contributed by atoms with E-state index in [9.17, 15) is 0 Å². The molecule has 6 nitrogen and oxygen atoms in total. The molecule has 0 saturated carbocycles. The molecular weight excluding hydrogens is 256 g/mol. The largest absolute Gasteiger partial charge is 0.443 e. The minimum atomic E-state index is 0.687. The quantitative estimate of drug-likeness (QED) is 0.503. The van der Waals surface area contributed by atoms with E-state index in [0.717, 1.165) is 11.0 Å². The lowest BCUT2D eigenvalue weighted by atomic mass is 10.3. The van der Waals surface area contributed by atoms with Crippen molar-refractivity contribution in [1.82, 2.24) is 9.97 Å². The van der Waals surface area contributed by atoms with Gasteiger partial charge in [0, 0.05) is 12.1 Å². The third-order valence-electron chi connectivity index (χ3n) is 2.91. The average molecular weight is 264 g/mol. The molecule has 0 N–H and O–H groups in total. The van der Waals surface area contributed by atoms with Crippen LogP contribution in [-0.2, 0) is 0 Å². The van der Waals surface area contributed by atoms with Gasteiger partial charge in [-0.2, -0.15) is 10.2 Å². The van der Waals surface area contributed by atoms with E-state index < -0.39 is 0 Å². The molecule has 0 aliphatic heterocycles. The third-order valence-corrected chi connectivity index (χ3v) is 2.91. The molecule has 0 atom stereocenters. The number of hydrogen-bond donors (Lipinski definition) is 0. The second-order valence-electron chi connectivity index (χ2n) is 4.21. The van der Waals surface area contributed by atoms with Gasteiger partial charge in [-0.25, -0.2) is 9.97 Å². The van der Waals surface area contributed by atoms with Crippen LogP contribution in [0.2, 0.25) is 0 Å². The molecule has 0 aliphatic carbocycles. The maximum Gasteiger partial charge on any atom is 0.181 e. The van der Waals surface area contributed by atoms with Crippen molar-refractivity contribution in [3.05, 3.63) is 49.2 Å². The predicted molar refractivity (Wildman–Crippen MR) is 72.2 cm³/mol. The van der Waals surface area contributed by atoms with Crippen molar-refractivity contribution in [2.75, 3.05) is 0 Å². The molecule has 0 spiro atoms. The van der Waals surface area contributed by atoms with Crippen LogP contribution < -0.4 is 0 Å². The number of benzene rings is 2. The summed E-state index contributed by atoms with van der Waals surface area (Å²) in [6, 6.07) is 10.9. The Bertz CT molecular complexity index is 847. The van der Waals surface area contributed by atoms with E-state index in [1.54, 1.807) is 12.1 Å². The van der Waals surface area contributed by atoms with Crippen molar-refractivity contribution in [3.63, 3.8) is 0 Å². The normalized spacial score (nSPS) is 11.8. The molecular formula is C14H8N4O2. The average Bonchev–Trinajstić information content (AvgIpc) is 3.12. The molecule has 0 unspecified atom stereocenters. The highest BCUT2D eigenvalue weighted by Gasteiger charge is 2.01. The van der Waals surface area contributed by atoms with Crippen molar-refractivity contribution in [2.24, 2.45) is 10.2 Å². The van der Waals surface area contributed by atoms with Crippen LogP contribution in [0, 0.1) is 0 Å². The van der Waals surface area contributed by atoms with E-state index >= 15 is 0 Å². The van der Waals surface area contributed by atoms with Gasteiger partial charge < -0.3 is 8.83 Å². The topological polar surface area (TPSA) is 76.8 Å². The fourth-order valence-electron chi connectivity index (χ4n) is 1.93. The second-order valence-corrected chi connectivity index (χ2v) is 4.21. The van der Waals surface area contributed by atoms with Crippen LogP contribution in [0.25, 0.3) is 22.2 Å². The van der Waals surface area contributed by atoms with Crippen molar-refractivity contribution in [2.45, 2.75) is 0 Å². The number of aromatic nitrogens is 2. The van der Waals surface area contributed by atoms with E-state index in [1.165, 1.54) is 12.8 Å². The molecule has 4 rings (SSSR count). The Morgan fingerprint density at radius 2 is 1.20 bits per heavy atom. The number of fused-ring (bicyclic) bond motifs is 2. The molecule has 0 radical (unpaired) electrons. The van der Waals surface area contributed by atoms with Crippen LogP contribution in [0.4, 0.5) is 11.4 Å². The Morgan fingerprint density at radius 1 is 0.700 bits per heavy atom. The first kappa shape index (κ1) is 10.9. The van der Waals surface area contributed by atoms with Gasteiger partial charge in [0.05, 0.1) is 11.4 Å². The highest BCUT2D eigenvalue weighted by atomic mass is 16.3. The molecule has 2 aromatic carbocycles. The van der Waals surface area contributed by atoms with Crippen molar-refractivity contribution in [1.29, 1.82) is 0 Å². The summed E-state index contributed by atoms with van der Waals surface area (Å²) in [5.41, 5.74) is 4.37. The SMILES string of the molecule is c1nc2ccc(/N=N/c3ccc4ncoc4c3)cc2o1. The van der Waals surface area contributed by atoms with Crippen molar-refractivity contribution < 1.29 is 8.83 Å². The van der Waals surface area contributed by atoms with Crippen LogP contribution in [0.15, 0.2) is 68.2 Å². The molecule has 2 aromatic heterocycles. The molecule has 0 amide bonds. The van der Waals surface area contributed by atoms with E-state index in [0.29, 0.717) is 22.5 Å². The highest BCUT2D eigenvalue weighted by molar-refractivity contribution is 5.76. The first-order valence-electron chi connectivity index (χ1n) is 5.97. The van der Waals surface area contributed by atoms with Gasteiger partial charge >= 0.3 is 0 Å². The summed E-state index contributed by atoms with van der Waals surface area (Å²) in [6.07, 6.45) is 2.81. The fourth-order valence-corrected chi connectivity index (χ4v) is 1.93. The van der Waals surface area contributed by atoms with Gasteiger partial charge in [-0.05, 0) is 24.3 Å². The number of oxazole rings is 2. The smallest absolute Gasteiger partial charge is 0.181 e. The maximum atomic E-state index is 5.22. The van der Waals surface area contributed by atoms with Crippen LogP contribution in [0.5, 0.6) is 0 Å². The molecule has 0 saturated heterocycles. The van der Waals surface area contributed by atoms with E-state index in [-0.39, 0.29) is 0 Å². The van der Waals surface area contributed by atoms with Crippen molar-refractivity contribution in [3.8, 4) is 0 Å². The lowest BCUT2D eigenvalue weighted by molar-refractivity contribution is 0.601. The first-order valence-corrected chi connectivity index (χ1v) is 5.97. The summed E-state index contributed by atoms with van der Waals surface area (Å²) < 4.78 is 10.4. The molecule has 4 aromatic rings. The van der Waals surface area contributed by atoms with Crippen LogP contribution in [-0.4, -0.2) is 9.97 Å². The molecule has 2 heterocycles. The molecule has 96 valence electrons. The Labute approximate surface area is 112 Å². The zero-order valence-corrected chi connectivity index (χ0v) is 10.2. The van der Waals surface area contributed by atoms with Crippen molar-refractivity contribution >= 4 is 33.6 Å². The molecule has 20 heavy (non-hydrogen) atoms. The monoisotopic (exact) mass is 264 g/mol. The van der Waals surface area contributed by atoms with Gasteiger partial charge in [-0.15, -0.1) is 0 Å². The number of nitrogens with zero attached hydrogens (tertiary/aromatic N) is 4. The Hall–Kier alpha value is -3.02. The number of hydrogen-bond acceptors (Lipinski definition) is 6.